The third-order valence-corrected chi connectivity index (χ3v) is 15.1. The number of nitrogens with zero attached hydrogens (tertiary/aromatic N) is 5. The van der Waals surface area contributed by atoms with Crippen LogP contribution in [0.3, 0.4) is 0 Å². The van der Waals surface area contributed by atoms with Crippen LogP contribution in [-0.2, 0) is 49.3 Å². The van der Waals surface area contributed by atoms with Crippen molar-refractivity contribution < 1.29 is 66.6 Å². The molecule has 16 nitrogen and oxygen atoms in total. The van der Waals surface area contributed by atoms with Crippen molar-refractivity contribution in [3.05, 3.63) is 365 Å². The standard InChI is InChI=1S/C28H25FN2O3.C22H21NO3.2C6H5BrFN.C6H4FNO2.C6H6FNO.2BrH/c29-25-16-21(17-30-18-25)19-34-20-26(27(32)33)31-28(22-10-4-1-5-11-22,23-12-6-2-7-13-23)24-14-8-3-9-15-24;24-16-20(21(25)26)23-22(17-10-4-1-5-11-17,18-12-6-2-7-13-18)19-14-8-3-9-15-19;2*7-2-5-1-6(8)4-9-3-5;7-5-1-4(6(9)10)2-8-3-5;7-6-1-5(4-9)2-8-3-6;;/h1-18,26,31H,19-20H2,(H,32,33);1-15,20,23-24H,16H2,(H,25,26);2*1,3-4H,2H2;1-3H,(H,9,10);1-3,9H,4H2;2*1H/t26-;20-;;;;;;/m00....../s1. The van der Waals surface area contributed by atoms with E-state index < -0.39 is 65.1 Å². The Morgan fingerprint density at radius 1 is 0.394 bits per heavy atom. The lowest BCUT2D eigenvalue weighted by atomic mass is 9.76. The summed E-state index contributed by atoms with van der Waals surface area (Å²) >= 11 is 6.37. The molecule has 2 atom stereocenters. The number of aliphatic hydroxyl groups excluding tert-OH is 2. The Hall–Kier alpha value is -9.15. The molecule has 0 fully saturated rings. The number of aromatic nitrogens is 5. The summed E-state index contributed by atoms with van der Waals surface area (Å²) in [4.78, 5) is 52.2. The highest BCUT2D eigenvalue weighted by Gasteiger charge is 2.41. The zero-order valence-corrected chi connectivity index (χ0v) is 59.0. The number of nitrogens with one attached hydrogen (secondary N) is 2. The zero-order valence-electron chi connectivity index (χ0n) is 52.4. The molecule has 5 heterocycles. The molecule has 0 unspecified atom stereocenters. The van der Waals surface area contributed by atoms with Crippen LogP contribution in [0.4, 0.5) is 22.0 Å². The van der Waals surface area contributed by atoms with Crippen LogP contribution >= 0.6 is 65.8 Å². The highest BCUT2D eigenvalue weighted by molar-refractivity contribution is 9.08. The first-order chi connectivity index (χ1) is 46.9. The van der Waals surface area contributed by atoms with Crippen molar-refractivity contribution >= 4 is 83.7 Å². The number of ether oxygens (including phenoxy) is 1. The van der Waals surface area contributed by atoms with Gasteiger partial charge >= 0.3 is 17.9 Å². The Kier molecular flexibility index (Phi) is 36.6. The van der Waals surface area contributed by atoms with Crippen LogP contribution in [0.2, 0.25) is 0 Å². The molecule has 7 N–H and O–H groups in total. The van der Waals surface area contributed by atoms with Gasteiger partial charge in [-0.25, -0.2) is 26.7 Å². The molecule has 0 saturated heterocycles. The highest BCUT2D eigenvalue weighted by atomic mass is 79.9. The van der Waals surface area contributed by atoms with Gasteiger partial charge in [0, 0.05) is 41.6 Å². The van der Waals surface area contributed by atoms with Crippen LogP contribution < -0.4 is 10.6 Å². The molecule has 0 radical (unpaired) electrons. The lowest BCUT2D eigenvalue weighted by Gasteiger charge is -2.39. The van der Waals surface area contributed by atoms with Crippen molar-refractivity contribution in [2.75, 3.05) is 13.2 Å². The van der Waals surface area contributed by atoms with Crippen LogP contribution in [0.25, 0.3) is 0 Å². The summed E-state index contributed by atoms with van der Waals surface area (Å²) in [6, 6.07) is 62.5. The minimum absolute atomic E-state index is 0. The predicted octanol–water partition coefficient (Wildman–Crippen LogP) is 14.8. The second kappa shape index (κ2) is 44.0. The molecule has 0 aliphatic rings. The minimum atomic E-state index is -1.17. The van der Waals surface area contributed by atoms with E-state index in [0.717, 1.165) is 75.4 Å². The number of hydrogen-bond donors (Lipinski definition) is 7. The maximum absolute atomic E-state index is 13.4. The summed E-state index contributed by atoms with van der Waals surface area (Å²) in [5, 5.41) is 54.0. The summed E-state index contributed by atoms with van der Waals surface area (Å²) in [7, 11) is 0. The van der Waals surface area contributed by atoms with Gasteiger partial charge in [0.25, 0.3) is 0 Å². The van der Waals surface area contributed by atoms with E-state index in [1.54, 1.807) is 12.4 Å². The first kappa shape index (κ1) is 82.3. The molecule has 516 valence electrons. The Balaban J connectivity index is 0.000000278. The molecule has 0 saturated carbocycles. The molecular formula is C74H68Br4F5N7O9. The van der Waals surface area contributed by atoms with Crippen molar-refractivity contribution in [1.29, 1.82) is 0 Å². The summed E-state index contributed by atoms with van der Waals surface area (Å²) in [6.45, 7) is -0.750. The molecule has 5 aromatic heterocycles. The van der Waals surface area contributed by atoms with Crippen LogP contribution in [-0.4, -0.2) is 93.7 Å². The molecule has 0 spiro atoms. The molecule has 0 amide bonds. The number of halogens is 9. The maximum Gasteiger partial charge on any atom is 0.337 e. The van der Waals surface area contributed by atoms with Crippen molar-refractivity contribution in [2.24, 2.45) is 0 Å². The molecule has 11 aromatic rings. The van der Waals surface area contributed by atoms with Crippen LogP contribution in [0.5, 0.6) is 0 Å². The maximum atomic E-state index is 13.4. The Morgan fingerprint density at radius 3 is 0.909 bits per heavy atom. The van der Waals surface area contributed by atoms with Gasteiger partial charge < -0.3 is 30.3 Å². The number of pyridine rings is 5. The third kappa shape index (κ3) is 25.9. The number of aliphatic carboxylic acids is 2. The third-order valence-electron chi connectivity index (χ3n) is 13.8. The van der Waals surface area contributed by atoms with Gasteiger partial charge in [-0.1, -0.05) is 214 Å². The smallest absolute Gasteiger partial charge is 0.337 e. The first-order valence-electron chi connectivity index (χ1n) is 29.4. The quantitative estimate of drug-likeness (QED) is 0.0201. The van der Waals surface area contributed by atoms with E-state index >= 15 is 0 Å². The van der Waals surface area contributed by atoms with Crippen molar-refractivity contribution in [1.82, 2.24) is 35.6 Å². The van der Waals surface area contributed by atoms with Gasteiger partial charge in [-0.05, 0) is 86.0 Å². The molecule has 11 rings (SSSR count). The topological polar surface area (TPSA) is 250 Å². The van der Waals surface area contributed by atoms with Crippen LogP contribution in [0, 0.1) is 29.1 Å². The Bertz CT molecular complexity index is 3850. The number of hydrogen-bond acceptors (Lipinski definition) is 13. The SMILES string of the molecule is Br.Br.Fc1cncc(CBr)c1.Fc1cncc(CBr)c1.O=C(O)[C@H](CO)NC(c1ccccc1)(c1ccccc1)c1ccccc1.O=C(O)[C@H](COCc1cncc(F)c1)NC(c1ccccc1)(c1ccccc1)c1ccccc1.O=C(O)c1cncc(F)c1.OCc1cncc(F)c1. The number of rotatable bonds is 21. The number of carbonyl (C=O) groups is 3. The van der Waals surface area contributed by atoms with E-state index in [4.69, 9.17) is 14.9 Å². The number of aliphatic hydroxyl groups is 2. The van der Waals surface area contributed by atoms with Crippen LogP contribution in [0.1, 0.15) is 66.0 Å². The number of carboxylic acid groups (broad SMARTS) is 3. The van der Waals surface area contributed by atoms with E-state index in [1.807, 2.05) is 182 Å². The van der Waals surface area contributed by atoms with Gasteiger partial charge in [-0.3, -0.25) is 45.1 Å². The molecule has 6 aromatic carbocycles. The van der Waals surface area contributed by atoms with E-state index in [-0.39, 0.29) is 71.0 Å². The fourth-order valence-corrected chi connectivity index (χ4v) is 10.1. The zero-order chi connectivity index (χ0) is 69.8. The number of alkyl halides is 2. The van der Waals surface area contributed by atoms with Gasteiger partial charge in [0.15, 0.2) is 0 Å². The fourth-order valence-electron chi connectivity index (χ4n) is 9.47. The second-order valence-electron chi connectivity index (χ2n) is 20.6. The van der Waals surface area contributed by atoms with Crippen molar-refractivity contribution in [3.63, 3.8) is 0 Å². The summed E-state index contributed by atoms with van der Waals surface area (Å²) < 4.78 is 68.1. The number of aromatic carboxylic acids is 1. The summed E-state index contributed by atoms with van der Waals surface area (Å²) in [6.07, 6.45) is 12.8. The molecule has 25 heteroatoms. The van der Waals surface area contributed by atoms with Gasteiger partial charge in [0.2, 0.25) is 0 Å². The van der Waals surface area contributed by atoms with Gasteiger partial charge in [-0.2, -0.15) is 0 Å². The summed E-state index contributed by atoms with van der Waals surface area (Å²) in [5.41, 5.74) is 6.14. The highest BCUT2D eigenvalue weighted by Crippen LogP contribution is 2.39. The molecule has 0 aliphatic heterocycles. The molecule has 0 aliphatic carbocycles. The second-order valence-corrected chi connectivity index (χ2v) is 21.8. The Labute approximate surface area is 606 Å². The monoisotopic (exact) mass is 1610 g/mol. The van der Waals surface area contributed by atoms with E-state index in [0.29, 0.717) is 21.8 Å². The average molecular weight is 1610 g/mol. The lowest BCUT2D eigenvalue weighted by molar-refractivity contribution is -0.142. The van der Waals surface area contributed by atoms with E-state index in [2.05, 4.69) is 67.4 Å². The van der Waals surface area contributed by atoms with Gasteiger partial charge in [-0.15, -0.1) is 34.0 Å². The summed E-state index contributed by atoms with van der Waals surface area (Å²) in [5.74, 6) is -5.41. The predicted molar refractivity (Wildman–Crippen MR) is 384 cm³/mol. The van der Waals surface area contributed by atoms with Crippen molar-refractivity contribution in [3.8, 4) is 0 Å². The van der Waals surface area contributed by atoms with Gasteiger partial charge in [0.05, 0.1) is 74.1 Å². The van der Waals surface area contributed by atoms with Crippen LogP contribution in [0.15, 0.2) is 274 Å². The van der Waals surface area contributed by atoms with Gasteiger partial charge in [0.1, 0.15) is 41.2 Å². The number of benzene rings is 6. The van der Waals surface area contributed by atoms with E-state index in [9.17, 15) is 51.7 Å². The molecular weight excluding hydrogens is 1550 g/mol. The average Bonchev–Trinajstić information content (AvgIpc) is 0.761. The first-order valence-corrected chi connectivity index (χ1v) is 31.7. The normalized spacial score (nSPS) is 11.0. The lowest BCUT2D eigenvalue weighted by Crippen LogP contribution is -2.54. The van der Waals surface area contributed by atoms with Crippen molar-refractivity contribution in [2.45, 2.75) is 47.0 Å². The van der Waals surface area contributed by atoms with E-state index in [1.165, 1.54) is 49.1 Å². The molecule has 99 heavy (non-hydrogen) atoms. The number of carboxylic acids is 3. The fraction of sp³-hybridized carbons (Fsp3) is 0.135. The molecule has 0 bridgehead atoms. The minimum Gasteiger partial charge on any atom is -0.480 e. The Morgan fingerprint density at radius 2 is 0.667 bits per heavy atom. The largest absolute Gasteiger partial charge is 0.480 e.